The fraction of sp³-hybridized carbons (Fsp3) is 0.273. The summed E-state index contributed by atoms with van der Waals surface area (Å²) >= 11 is 1.40. The predicted molar refractivity (Wildman–Crippen MR) is 116 cm³/mol. The first-order valence-corrected chi connectivity index (χ1v) is 10.9. The highest BCUT2D eigenvalue weighted by atomic mass is 32.1. The van der Waals surface area contributed by atoms with Gasteiger partial charge in [0, 0.05) is 36.4 Å². The third-order valence-corrected chi connectivity index (χ3v) is 6.75. The molecule has 2 aliphatic heterocycles. The topological polar surface area (TPSA) is 87.5 Å². The molecule has 0 fully saturated rings. The average molecular weight is 436 g/mol. The predicted octanol–water partition coefficient (Wildman–Crippen LogP) is 2.22. The number of benzene rings is 1. The van der Waals surface area contributed by atoms with Gasteiger partial charge in [-0.05, 0) is 35.7 Å². The minimum absolute atomic E-state index is 0.0379. The Morgan fingerprint density at radius 3 is 2.90 bits per heavy atom. The van der Waals surface area contributed by atoms with Crippen LogP contribution in [0.5, 0.6) is 0 Å². The van der Waals surface area contributed by atoms with Crippen LogP contribution in [0.4, 0.5) is 5.00 Å². The number of rotatable bonds is 3. The molecule has 0 saturated heterocycles. The highest BCUT2D eigenvalue weighted by Crippen LogP contribution is 2.39. The second-order valence-corrected chi connectivity index (χ2v) is 8.90. The van der Waals surface area contributed by atoms with Gasteiger partial charge in [-0.15, -0.1) is 11.3 Å². The maximum Gasteiger partial charge on any atom is 0.257 e. The lowest BCUT2D eigenvalue weighted by atomic mass is 10.0. The van der Waals surface area contributed by atoms with Crippen LogP contribution >= 0.6 is 11.3 Å². The van der Waals surface area contributed by atoms with Gasteiger partial charge in [0.1, 0.15) is 5.00 Å². The van der Waals surface area contributed by atoms with E-state index in [1.165, 1.54) is 16.2 Å². The zero-order valence-corrected chi connectivity index (χ0v) is 17.8. The number of hydrogen-bond acceptors (Lipinski definition) is 5. The molecule has 0 atom stereocenters. The maximum atomic E-state index is 13.2. The molecule has 0 aliphatic carbocycles. The first-order valence-electron chi connectivity index (χ1n) is 10.0. The number of carbonyl (C=O) groups excluding carboxylic acids is 3. The Labute approximate surface area is 183 Å². The van der Waals surface area contributed by atoms with Crippen LogP contribution in [0.1, 0.15) is 36.7 Å². The van der Waals surface area contributed by atoms with E-state index in [1.54, 1.807) is 18.1 Å². The number of aromatic nitrogens is 2. The van der Waals surface area contributed by atoms with Gasteiger partial charge in [0.25, 0.3) is 11.8 Å². The molecular formula is C22H21N5O3S. The van der Waals surface area contributed by atoms with Gasteiger partial charge in [-0.3, -0.25) is 19.1 Å². The van der Waals surface area contributed by atoms with Crippen molar-refractivity contribution < 1.29 is 14.4 Å². The number of amides is 3. The number of nitrogens with one attached hydrogen (secondary N) is 1. The Hall–Kier alpha value is -3.46. The average Bonchev–Trinajstić information content (AvgIpc) is 3.37. The van der Waals surface area contributed by atoms with Gasteiger partial charge in [-0.25, -0.2) is 0 Å². The molecule has 31 heavy (non-hydrogen) atoms. The highest BCUT2D eigenvalue weighted by molar-refractivity contribution is 7.17. The molecule has 2 aromatic heterocycles. The van der Waals surface area contributed by atoms with Crippen LogP contribution in [0.15, 0.2) is 42.7 Å². The van der Waals surface area contributed by atoms with Crippen molar-refractivity contribution in [3.8, 4) is 0 Å². The Balaban J connectivity index is 1.38. The number of likely N-dealkylation sites (N-methyl/N-ethyl adjacent to an activating group) is 1. The zero-order chi connectivity index (χ0) is 21.5. The largest absolute Gasteiger partial charge is 0.333 e. The molecule has 0 saturated carbocycles. The van der Waals surface area contributed by atoms with Gasteiger partial charge in [0.15, 0.2) is 0 Å². The second-order valence-electron chi connectivity index (χ2n) is 7.80. The summed E-state index contributed by atoms with van der Waals surface area (Å²) < 4.78 is 1.82. The summed E-state index contributed by atoms with van der Waals surface area (Å²) in [6, 6.07) is 9.47. The van der Waals surface area contributed by atoms with Crippen LogP contribution < -0.4 is 5.32 Å². The molecule has 0 bridgehead atoms. The molecule has 158 valence electrons. The number of nitrogens with zero attached hydrogens (tertiary/aromatic N) is 4. The van der Waals surface area contributed by atoms with E-state index in [4.69, 9.17) is 0 Å². The molecule has 1 N–H and O–H groups in total. The second kappa shape index (κ2) is 7.66. The molecule has 3 amide bonds. The van der Waals surface area contributed by atoms with Gasteiger partial charge >= 0.3 is 0 Å². The van der Waals surface area contributed by atoms with E-state index in [-0.39, 0.29) is 24.3 Å². The Bertz CT molecular complexity index is 1180. The van der Waals surface area contributed by atoms with Crippen molar-refractivity contribution in [3.05, 3.63) is 69.9 Å². The van der Waals surface area contributed by atoms with Gasteiger partial charge in [0.2, 0.25) is 5.91 Å². The quantitative estimate of drug-likeness (QED) is 0.683. The standard InChI is InChI=1S/C22H21N5O3S/c1-25-13-18(28)24-20-19(22(25)30)16-6-9-26(12-17(16)31-20)21(29)15-5-2-4-14(10-15)11-27-8-3-7-23-27/h2-5,7-8,10H,6,9,11-13H2,1H3,(H,24,28). The molecular weight excluding hydrogens is 414 g/mol. The molecule has 1 aromatic carbocycles. The summed E-state index contributed by atoms with van der Waals surface area (Å²) in [6.45, 7) is 1.62. The van der Waals surface area contributed by atoms with Crippen LogP contribution in [0.3, 0.4) is 0 Å². The van der Waals surface area contributed by atoms with Crippen molar-refractivity contribution in [2.45, 2.75) is 19.5 Å². The lowest BCUT2D eigenvalue weighted by Crippen LogP contribution is -2.36. The smallest absolute Gasteiger partial charge is 0.257 e. The van der Waals surface area contributed by atoms with Crippen molar-refractivity contribution in [1.82, 2.24) is 19.6 Å². The van der Waals surface area contributed by atoms with Gasteiger partial charge < -0.3 is 15.1 Å². The summed E-state index contributed by atoms with van der Waals surface area (Å²) in [5.41, 5.74) is 3.18. The number of anilines is 1. The van der Waals surface area contributed by atoms with Crippen LogP contribution in [-0.2, 0) is 24.3 Å². The highest BCUT2D eigenvalue weighted by Gasteiger charge is 2.34. The molecule has 3 aromatic rings. The van der Waals surface area contributed by atoms with Crippen molar-refractivity contribution in [3.63, 3.8) is 0 Å². The minimum Gasteiger partial charge on any atom is -0.333 e. The molecule has 0 unspecified atom stereocenters. The SMILES string of the molecule is CN1CC(=O)Nc2sc3c(c2C1=O)CCN(C(=O)c1cccc(Cn2cccn2)c1)C3. The Kier molecular flexibility index (Phi) is 4.82. The van der Waals surface area contributed by atoms with Crippen molar-refractivity contribution in [2.24, 2.45) is 0 Å². The first kappa shape index (κ1) is 19.5. The van der Waals surface area contributed by atoms with Crippen molar-refractivity contribution >= 4 is 34.1 Å². The molecule has 4 heterocycles. The summed E-state index contributed by atoms with van der Waals surface area (Å²) in [4.78, 5) is 42.2. The van der Waals surface area contributed by atoms with Crippen LogP contribution in [0.25, 0.3) is 0 Å². The first-order chi connectivity index (χ1) is 15.0. The number of carbonyl (C=O) groups is 3. The van der Waals surface area contributed by atoms with E-state index < -0.39 is 0 Å². The third-order valence-electron chi connectivity index (χ3n) is 5.62. The van der Waals surface area contributed by atoms with Crippen LogP contribution in [0, 0.1) is 0 Å². The van der Waals surface area contributed by atoms with Crippen LogP contribution in [0.2, 0.25) is 0 Å². The number of thiophene rings is 1. The molecule has 0 spiro atoms. The van der Waals surface area contributed by atoms with E-state index in [2.05, 4.69) is 10.4 Å². The van der Waals surface area contributed by atoms with Crippen molar-refractivity contribution in [2.75, 3.05) is 25.5 Å². The minimum atomic E-state index is -0.199. The fourth-order valence-electron chi connectivity index (χ4n) is 4.10. The van der Waals surface area contributed by atoms with E-state index in [0.29, 0.717) is 42.2 Å². The number of hydrogen-bond donors (Lipinski definition) is 1. The molecule has 9 heteroatoms. The normalized spacial score (nSPS) is 15.9. The lowest BCUT2D eigenvalue weighted by Gasteiger charge is -2.28. The summed E-state index contributed by atoms with van der Waals surface area (Å²) in [6.07, 6.45) is 4.21. The van der Waals surface area contributed by atoms with Gasteiger partial charge in [-0.1, -0.05) is 12.1 Å². The molecule has 5 rings (SSSR count). The molecule has 0 radical (unpaired) electrons. The molecule has 8 nitrogen and oxygen atoms in total. The number of fused-ring (bicyclic) bond motifs is 3. The monoisotopic (exact) mass is 435 g/mol. The zero-order valence-electron chi connectivity index (χ0n) is 17.0. The Morgan fingerprint density at radius 1 is 1.23 bits per heavy atom. The third kappa shape index (κ3) is 3.61. The van der Waals surface area contributed by atoms with Gasteiger partial charge in [-0.2, -0.15) is 5.10 Å². The summed E-state index contributed by atoms with van der Waals surface area (Å²) in [5.74, 6) is -0.379. The summed E-state index contributed by atoms with van der Waals surface area (Å²) in [7, 11) is 1.63. The van der Waals surface area contributed by atoms with Crippen molar-refractivity contribution in [1.29, 1.82) is 0 Å². The van der Waals surface area contributed by atoms with Crippen LogP contribution in [-0.4, -0.2) is 57.4 Å². The van der Waals surface area contributed by atoms with Gasteiger partial charge in [0.05, 0.1) is 25.2 Å². The van der Waals surface area contributed by atoms with E-state index >= 15 is 0 Å². The van der Waals surface area contributed by atoms with E-state index in [1.807, 2.05) is 41.2 Å². The lowest BCUT2D eigenvalue weighted by molar-refractivity contribution is -0.116. The molecule has 2 aliphatic rings. The summed E-state index contributed by atoms with van der Waals surface area (Å²) in [5, 5.41) is 7.67. The van der Waals surface area contributed by atoms with E-state index in [9.17, 15) is 14.4 Å². The Morgan fingerprint density at radius 2 is 2.10 bits per heavy atom. The van der Waals surface area contributed by atoms with E-state index in [0.717, 1.165) is 16.0 Å². The maximum absolute atomic E-state index is 13.2. The fourth-order valence-corrected chi connectivity index (χ4v) is 5.37.